The molecule has 0 radical (unpaired) electrons. The van der Waals surface area contributed by atoms with Crippen molar-refractivity contribution in [3.63, 3.8) is 0 Å². The Balaban J connectivity index is 1.71. The SMILES string of the molecule is COc1ccc(S(=O)(=O)N(CC(=O)N(Cc2ccc(Cl)c(Cl)c2)[C@@H](C)C(=O)NC2CCCCC2)c2ccc(Cl)cc2)cc1OC. The molecular formula is C32H36Cl3N3O6S. The van der Waals surface area contributed by atoms with Crippen LogP contribution in [0.1, 0.15) is 44.6 Å². The number of rotatable bonds is 12. The number of methoxy groups -OCH3 is 2. The second kappa shape index (κ2) is 15.4. The molecule has 3 aromatic rings. The Kier molecular flexibility index (Phi) is 11.9. The summed E-state index contributed by atoms with van der Waals surface area (Å²) in [5, 5.41) is 4.11. The van der Waals surface area contributed by atoms with E-state index in [-0.39, 0.29) is 34.8 Å². The predicted molar refractivity (Wildman–Crippen MR) is 177 cm³/mol. The van der Waals surface area contributed by atoms with Crippen molar-refractivity contribution in [2.45, 2.75) is 62.6 Å². The highest BCUT2D eigenvalue weighted by Gasteiger charge is 2.34. The summed E-state index contributed by atoms with van der Waals surface area (Å²) in [5.41, 5.74) is 0.826. The minimum absolute atomic E-state index is 0.0140. The van der Waals surface area contributed by atoms with Gasteiger partial charge in [-0.25, -0.2) is 8.42 Å². The number of nitrogens with zero attached hydrogens (tertiary/aromatic N) is 2. The largest absolute Gasteiger partial charge is 0.493 e. The third-order valence-electron chi connectivity index (χ3n) is 7.79. The fourth-order valence-corrected chi connectivity index (χ4v) is 7.10. The first kappa shape index (κ1) is 34.7. The van der Waals surface area contributed by atoms with Crippen LogP contribution in [0.15, 0.2) is 65.6 Å². The number of carbonyl (C=O) groups is 2. The zero-order chi connectivity index (χ0) is 32.7. The van der Waals surface area contributed by atoms with Gasteiger partial charge < -0.3 is 19.7 Å². The monoisotopic (exact) mass is 695 g/mol. The summed E-state index contributed by atoms with van der Waals surface area (Å²) >= 11 is 18.5. The van der Waals surface area contributed by atoms with Crippen LogP contribution in [0.2, 0.25) is 15.1 Å². The molecule has 2 amide bonds. The van der Waals surface area contributed by atoms with Crippen molar-refractivity contribution >= 4 is 62.3 Å². The van der Waals surface area contributed by atoms with Crippen LogP contribution < -0.4 is 19.1 Å². The van der Waals surface area contributed by atoms with Crippen molar-refractivity contribution in [3.8, 4) is 11.5 Å². The number of hydrogen-bond donors (Lipinski definition) is 1. The molecule has 0 bridgehead atoms. The summed E-state index contributed by atoms with van der Waals surface area (Å²) in [6, 6.07) is 14.3. The van der Waals surface area contributed by atoms with E-state index in [4.69, 9.17) is 44.3 Å². The van der Waals surface area contributed by atoms with Crippen molar-refractivity contribution in [1.82, 2.24) is 10.2 Å². The van der Waals surface area contributed by atoms with Crippen LogP contribution in [0.4, 0.5) is 5.69 Å². The second-order valence-corrected chi connectivity index (χ2v) is 13.9. The van der Waals surface area contributed by atoms with Crippen LogP contribution >= 0.6 is 34.8 Å². The van der Waals surface area contributed by atoms with Crippen molar-refractivity contribution in [2.24, 2.45) is 0 Å². The number of hydrogen-bond acceptors (Lipinski definition) is 6. The van der Waals surface area contributed by atoms with Crippen molar-refractivity contribution < 1.29 is 27.5 Å². The lowest BCUT2D eigenvalue weighted by Crippen LogP contribution is -2.53. The molecule has 0 aromatic heterocycles. The van der Waals surface area contributed by atoms with Gasteiger partial charge >= 0.3 is 0 Å². The molecule has 1 aliphatic rings. The van der Waals surface area contributed by atoms with Gasteiger partial charge in [0.05, 0.1) is 34.8 Å². The topological polar surface area (TPSA) is 105 Å². The lowest BCUT2D eigenvalue weighted by Gasteiger charge is -2.33. The second-order valence-electron chi connectivity index (χ2n) is 10.8. The summed E-state index contributed by atoms with van der Waals surface area (Å²) in [7, 11) is -1.50. The van der Waals surface area contributed by atoms with Gasteiger partial charge in [-0.2, -0.15) is 0 Å². The molecule has 9 nitrogen and oxygen atoms in total. The van der Waals surface area contributed by atoms with Crippen LogP contribution in [0, 0.1) is 0 Å². The van der Waals surface area contributed by atoms with E-state index in [0.717, 1.165) is 36.4 Å². The summed E-state index contributed by atoms with van der Waals surface area (Å²) in [6.07, 6.45) is 4.91. The van der Waals surface area contributed by atoms with E-state index in [9.17, 15) is 18.0 Å². The number of amides is 2. The number of benzene rings is 3. The fourth-order valence-electron chi connectivity index (χ4n) is 5.23. The van der Waals surface area contributed by atoms with Crippen molar-refractivity contribution in [3.05, 3.63) is 81.3 Å². The van der Waals surface area contributed by atoms with E-state index >= 15 is 0 Å². The number of carbonyl (C=O) groups excluding carboxylic acids is 2. The smallest absolute Gasteiger partial charge is 0.264 e. The first-order chi connectivity index (χ1) is 21.4. The van der Waals surface area contributed by atoms with E-state index in [1.54, 1.807) is 25.1 Å². The maximum absolute atomic E-state index is 14.2. The van der Waals surface area contributed by atoms with Crippen molar-refractivity contribution in [1.29, 1.82) is 0 Å². The van der Waals surface area contributed by atoms with Gasteiger partial charge in [0, 0.05) is 23.7 Å². The maximum Gasteiger partial charge on any atom is 0.264 e. The Morgan fingerprint density at radius 2 is 1.56 bits per heavy atom. The molecule has 242 valence electrons. The van der Waals surface area contributed by atoms with Crippen LogP contribution in [0.25, 0.3) is 0 Å². The molecule has 1 aliphatic carbocycles. The molecule has 13 heteroatoms. The molecular weight excluding hydrogens is 661 g/mol. The van der Waals surface area contributed by atoms with Gasteiger partial charge in [-0.1, -0.05) is 60.1 Å². The normalized spacial score (nSPS) is 14.4. The van der Waals surface area contributed by atoms with E-state index in [1.165, 1.54) is 61.6 Å². The van der Waals surface area contributed by atoms with Gasteiger partial charge in [0.2, 0.25) is 11.8 Å². The van der Waals surface area contributed by atoms with Gasteiger partial charge in [0.25, 0.3) is 10.0 Å². The molecule has 0 spiro atoms. The number of ether oxygens (including phenoxy) is 2. The molecule has 45 heavy (non-hydrogen) atoms. The number of sulfonamides is 1. The van der Waals surface area contributed by atoms with Gasteiger partial charge in [0.15, 0.2) is 11.5 Å². The molecule has 3 aromatic carbocycles. The Hall–Kier alpha value is -3.18. The quantitative estimate of drug-likeness (QED) is 0.225. The third-order valence-corrected chi connectivity index (χ3v) is 10.6. The summed E-state index contributed by atoms with van der Waals surface area (Å²) in [6.45, 7) is 1.00. The van der Waals surface area contributed by atoms with E-state index in [0.29, 0.717) is 26.4 Å². The molecule has 0 aliphatic heterocycles. The molecule has 4 rings (SSSR count). The average Bonchev–Trinajstić information content (AvgIpc) is 3.04. The van der Waals surface area contributed by atoms with E-state index < -0.39 is 28.5 Å². The first-order valence-corrected chi connectivity index (χ1v) is 17.1. The predicted octanol–water partition coefficient (Wildman–Crippen LogP) is 6.73. The molecule has 1 N–H and O–H groups in total. The highest BCUT2D eigenvalue weighted by atomic mass is 35.5. The molecule has 1 fully saturated rings. The van der Waals surface area contributed by atoms with Gasteiger partial charge in [-0.3, -0.25) is 13.9 Å². The van der Waals surface area contributed by atoms with Crippen LogP contribution in [-0.2, 0) is 26.2 Å². The van der Waals surface area contributed by atoms with Crippen LogP contribution in [0.3, 0.4) is 0 Å². The summed E-state index contributed by atoms with van der Waals surface area (Å²) < 4.78 is 39.9. The Morgan fingerprint density at radius 3 is 2.18 bits per heavy atom. The lowest BCUT2D eigenvalue weighted by atomic mass is 9.95. The fraction of sp³-hybridized carbons (Fsp3) is 0.375. The average molecular weight is 697 g/mol. The number of halogens is 3. The van der Waals surface area contributed by atoms with Gasteiger partial charge in [0.1, 0.15) is 12.6 Å². The molecule has 0 unspecified atom stereocenters. The minimum Gasteiger partial charge on any atom is -0.493 e. The molecule has 0 heterocycles. The zero-order valence-corrected chi connectivity index (χ0v) is 28.3. The van der Waals surface area contributed by atoms with Crippen LogP contribution in [-0.4, -0.2) is 58.0 Å². The van der Waals surface area contributed by atoms with Crippen LogP contribution in [0.5, 0.6) is 11.5 Å². The standard InChI is InChI=1S/C32H36Cl3N3O6S/c1-21(32(40)36-24-7-5-4-6-8-24)37(19-22-9-15-27(34)28(35)17-22)31(39)20-38(25-12-10-23(33)11-13-25)45(41,42)26-14-16-29(43-2)30(18-26)44-3/h9-18,21,24H,4-8,19-20H2,1-3H3,(H,36,40)/t21-/m0/s1. The molecule has 1 saturated carbocycles. The highest BCUT2D eigenvalue weighted by molar-refractivity contribution is 7.92. The van der Waals surface area contributed by atoms with E-state index in [1.807, 2.05) is 0 Å². The lowest BCUT2D eigenvalue weighted by molar-refractivity contribution is -0.139. The number of nitrogens with one attached hydrogen (secondary N) is 1. The zero-order valence-electron chi connectivity index (χ0n) is 25.3. The van der Waals surface area contributed by atoms with E-state index in [2.05, 4.69) is 5.32 Å². The Morgan fingerprint density at radius 1 is 0.889 bits per heavy atom. The van der Waals surface area contributed by atoms with Gasteiger partial charge in [-0.05, 0) is 73.9 Å². The summed E-state index contributed by atoms with van der Waals surface area (Å²) in [5.74, 6) is -0.381. The van der Waals surface area contributed by atoms with Crippen molar-refractivity contribution in [2.75, 3.05) is 25.1 Å². The highest BCUT2D eigenvalue weighted by Crippen LogP contribution is 2.33. The number of anilines is 1. The minimum atomic E-state index is -4.34. The molecule has 1 atom stereocenters. The summed E-state index contributed by atoms with van der Waals surface area (Å²) in [4.78, 5) is 28.9. The maximum atomic E-state index is 14.2. The van der Waals surface area contributed by atoms with Gasteiger partial charge in [-0.15, -0.1) is 0 Å². The third kappa shape index (κ3) is 8.55. The Labute approximate surface area is 279 Å². The first-order valence-electron chi connectivity index (χ1n) is 14.5. The molecule has 0 saturated heterocycles. The Bertz CT molecular complexity index is 1610.